The number of alkyl halides is 3. The molecule has 1 aromatic carbocycles. The summed E-state index contributed by atoms with van der Waals surface area (Å²) in [6.07, 6.45) is 2.60. The van der Waals surface area contributed by atoms with Crippen LogP contribution in [0.25, 0.3) is 0 Å². The summed E-state index contributed by atoms with van der Waals surface area (Å²) < 4.78 is 67.1. The first-order valence-corrected chi connectivity index (χ1v) is 14.8. The maximum absolute atomic E-state index is 13.6. The molecule has 9 nitrogen and oxygen atoms in total. The van der Waals surface area contributed by atoms with Gasteiger partial charge < -0.3 is 9.80 Å². The fourth-order valence-electron chi connectivity index (χ4n) is 5.91. The number of amides is 1. The summed E-state index contributed by atoms with van der Waals surface area (Å²) in [5.74, 6) is 0.0863. The van der Waals surface area contributed by atoms with Crippen molar-refractivity contribution in [2.45, 2.75) is 44.8 Å². The van der Waals surface area contributed by atoms with Gasteiger partial charge in [-0.25, -0.2) is 13.2 Å². The highest BCUT2D eigenvalue weighted by Gasteiger charge is 2.42. The van der Waals surface area contributed by atoms with E-state index in [1.54, 1.807) is 4.90 Å². The number of anilines is 2. The van der Waals surface area contributed by atoms with Crippen LogP contribution in [0.15, 0.2) is 30.5 Å². The van der Waals surface area contributed by atoms with Crippen molar-refractivity contribution >= 4 is 27.6 Å². The Labute approximate surface area is 220 Å². The predicted octanol–water partition coefficient (Wildman–Crippen LogP) is 3.83. The molecule has 208 valence electrons. The molecule has 3 fully saturated rings. The standard InChI is InChI=1S/C25H33F3N6O3S/c1-38(36,37)30-22-4-10-34(29-22)23(35)33-12-6-24(7-13-33)5-11-31(18-24)17-19-14-20(25(26,27)28)16-21(15-19)32-8-2-3-9-32/h4,10,14-16H,2-3,5-9,11-13,17-18H2,1H3,(H,29,30). The summed E-state index contributed by atoms with van der Waals surface area (Å²) in [7, 11) is -3.49. The van der Waals surface area contributed by atoms with Crippen molar-refractivity contribution in [2.75, 3.05) is 55.1 Å². The van der Waals surface area contributed by atoms with Crippen LogP contribution >= 0.6 is 0 Å². The maximum atomic E-state index is 13.6. The summed E-state index contributed by atoms with van der Waals surface area (Å²) >= 11 is 0. The van der Waals surface area contributed by atoms with Crippen molar-refractivity contribution < 1.29 is 26.4 Å². The number of carbonyl (C=O) groups is 1. The van der Waals surface area contributed by atoms with E-state index in [1.165, 1.54) is 24.4 Å². The quantitative estimate of drug-likeness (QED) is 0.604. The smallest absolute Gasteiger partial charge is 0.372 e. The summed E-state index contributed by atoms with van der Waals surface area (Å²) in [5.41, 5.74) is 0.778. The first-order chi connectivity index (χ1) is 17.9. The molecule has 3 aliphatic rings. The second-order valence-corrected chi connectivity index (χ2v) is 12.6. The summed E-state index contributed by atoms with van der Waals surface area (Å²) in [6, 6.07) is 5.58. The third kappa shape index (κ3) is 6.09. The van der Waals surface area contributed by atoms with E-state index in [0.29, 0.717) is 30.9 Å². The Bertz CT molecular complexity index is 1280. The van der Waals surface area contributed by atoms with Gasteiger partial charge in [0, 0.05) is 57.2 Å². The molecule has 1 aromatic heterocycles. The fraction of sp³-hybridized carbons (Fsp3) is 0.600. The van der Waals surface area contributed by atoms with Gasteiger partial charge >= 0.3 is 12.2 Å². The van der Waals surface area contributed by atoms with Crippen LogP contribution in [0, 0.1) is 5.41 Å². The van der Waals surface area contributed by atoms with Crippen LogP contribution in [0.5, 0.6) is 0 Å². The number of nitrogens with zero attached hydrogens (tertiary/aromatic N) is 5. The average molecular weight is 555 g/mol. The van der Waals surface area contributed by atoms with E-state index in [9.17, 15) is 26.4 Å². The third-order valence-electron chi connectivity index (χ3n) is 7.87. The van der Waals surface area contributed by atoms with Crippen molar-refractivity contribution in [3.63, 3.8) is 0 Å². The lowest BCUT2D eigenvalue weighted by atomic mass is 9.78. The summed E-state index contributed by atoms with van der Waals surface area (Å²) in [4.78, 5) is 18.9. The number of hydrogen-bond donors (Lipinski definition) is 1. The number of benzene rings is 1. The molecule has 0 radical (unpaired) electrons. The number of sulfonamides is 1. The number of hydrogen-bond acceptors (Lipinski definition) is 6. The van der Waals surface area contributed by atoms with Crippen molar-refractivity contribution in [1.82, 2.24) is 19.6 Å². The Hall–Kier alpha value is -2.80. The fourth-order valence-corrected chi connectivity index (χ4v) is 6.40. The Kier molecular flexibility index (Phi) is 7.10. The zero-order valence-corrected chi connectivity index (χ0v) is 22.2. The second-order valence-electron chi connectivity index (χ2n) is 10.8. The molecule has 13 heteroatoms. The molecule has 38 heavy (non-hydrogen) atoms. The van der Waals surface area contributed by atoms with Gasteiger partial charge in [0.25, 0.3) is 0 Å². The minimum absolute atomic E-state index is 0.0311. The molecule has 1 amide bonds. The van der Waals surface area contributed by atoms with E-state index in [4.69, 9.17) is 0 Å². The minimum Gasteiger partial charge on any atom is -0.372 e. The largest absolute Gasteiger partial charge is 0.416 e. The molecule has 0 saturated carbocycles. The van der Waals surface area contributed by atoms with E-state index in [-0.39, 0.29) is 17.3 Å². The van der Waals surface area contributed by atoms with Gasteiger partial charge in [0.2, 0.25) is 10.0 Å². The lowest BCUT2D eigenvalue weighted by Crippen LogP contribution is -2.45. The van der Waals surface area contributed by atoms with Crippen molar-refractivity contribution in [3.05, 3.63) is 41.6 Å². The molecule has 3 saturated heterocycles. The Morgan fingerprint density at radius 3 is 2.39 bits per heavy atom. The Morgan fingerprint density at radius 1 is 1.05 bits per heavy atom. The van der Waals surface area contributed by atoms with Crippen LogP contribution in [0.3, 0.4) is 0 Å². The predicted molar refractivity (Wildman–Crippen MR) is 138 cm³/mol. The van der Waals surface area contributed by atoms with Gasteiger partial charge in [-0.05, 0) is 67.8 Å². The highest BCUT2D eigenvalue weighted by molar-refractivity contribution is 7.92. The molecule has 1 N–H and O–H groups in total. The molecule has 0 bridgehead atoms. The van der Waals surface area contributed by atoms with Crippen LogP contribution in [-0.4, -0.2) is 79.6 Å². The van der Waals surface area contributed by atoms with E-state index >= 15 is 0 Å². The number of aromatic nitrogens is 2. The van der Waals surface area contributed by atoms with Gasteiger partial charge in [0.15, 0.2) is 5.82 Å². The Morgan fingerprint density at radius 2 is 1.74 bits per heavy atom. The van der Waals surface area contributed by atoms with Crippen molar-refractivity contribution in [2.24, 2.45) is 5.41 Å². The topological polar surface area (TPSA) is 90.8 Å². The molecule has 0 aliphatic carbocycles. The van der Waals surface area contributed by atoms with Crippen molar-refractivity contribution in [3.8, 4) is 0 Å². The number of piperidine rings is 1. The van der Waals surface area contributed by atoms with E-state index < -0.39 is 21.8 Å². The molecule has 2 aromatic rings. The maximum Gasteiger partial charge on any atom is 0.416 e. The molecule has 1 spiro atoms. The molecule has 0 unspecified atom stereocenters. The molecular formula is C25H33F3N6O3S. The average Bonchev–Trinajstić information content (AvgIpc) is 3.60. The zero-order chi connectivity index (χ0) is 27.1. The number of carbonyl (C=O) groups excluding carboxylic acids is 1. The van der Waals surface area contributed by atoms with E-state index in [2.05, 4.69) is 14.7 Å². The lowest BCUT2D eigenvalue weighted by Gasteiger charge is -2.39. The summed E-state index contributed by atoms with van der Waals surface area (Å²) in [5, 5.41) is 4.02. The summed E-state index contributed by atoms with van der Waals surface area (Å²) in [6.45, 7) is 4.73. The van der Waals surface area contributed by atoms with Crippen LogP contribution in [0.4, 0.5) is 29.5 Å². The minimum atomic E-state index is -4.38. The van der Waals surface area contributed by atoms with Crippen molar-refractivity contribution in [1.29, 1.82) is 0 Å². The van der Waals surface area contributed by atoms with Gasteiger partial charge in [-0.15, -0.1) is 5.10 Å². The Balaban J connectivity index is 1.20. The van der Waals surface area contributed by atoms with Crippen LogP contribution in [0.2, 0.25) is 0 Å². The number of halogens is 3. The number of nitrogens with one attached hydrogen (secondary N) is 1. The van der Waals surface area contributed by atoms with Gasteiger partial charge in [0.1, 0.15) is 0 Å². The van der Waals surface area contributed by atoms with Gasteiger partial charge in [0.05, 0.1) is 11.8 Å². The normalized spacial score (nSPS) is 20.4. The first kappa shape index (κ1) is 26.8. The second kappa shape index (κ2) is 10.1. The van der Waals surface area contributed by atoms with E-state index in [0.717, 1.165) is 69.2 Å². The molecule has 5 rings (SSSR count). The highest BCUT2D eigenvalue weighted by atomic mass is 32.2. The zero-order valence-electron chi connectivity index (χ0n) is 21.4. The molecule has 3 aliphatic heterocycles. The van der Waals surface area contributed by atoms with Crippen LogP contribution < -0.4 is 9.62 Å². The molecule has 4 heterocycles. The first-order valence-electron chi connectivity index (χ1n) is 12.9. The van der Waals surface area contributed by atoms with Gasteiger partial charge in [-0.2, -0.15) is 17.9 Å². The van der Waals surface area contributed by atoms with Gasteiger partial charge in [-0.1, -0.05) is 0 Å². The lowest BCUT2D eigenvalue weighted by molar-refractivity contribution is -0.137. The van der Waals surface area contributed by atoms with E-state index in [1.807, 2.05) is 11.0 Å². The number of rotatable bonds is 5. The molecular weight excluding hydrogens is 521 g/mol. The highest BCUT2D eigenvalue weighted by Crippen LogP contribution is 2.41. The van der Waals surface area contributed by atoms with Crippen LogP contribution in [0.1, 0.15) is 43.2 Å². The third-order valence-corrected chi connectivity index (χ3v) is 8.45. The SMILES string of the molecule is CS(=O)(=O)Nc1ccn(C(=O)N2CCC3(CCN(Cc4cc(N5CCCC5)cc(C(F)(F)F)c4)C3)CC2)n1. The van der Waals surface area contributed by atoms with Crippen LogP contribution in [-0.2, 0) is 22.7 Å². The monoisotopic (exact) mass is 554 g/mol. The van der Waals surface area contributed by atoms with Gasteiger partial charge in [-0.3, -0.25) is 9.62 Å². The molecule has 0 atom stereocenters. The number of likely N-dealkylation sites (tertiary alicyclic amines) is 2.